The molecule has 9 atom stereocenters. The highest BCUT2D eigenvalue weighted by atomic mass is 16.5. The van der Waals surface area contributed by atoms with Crippen LogP contribution in [0.25, 0.3) is 0 Å². The zero-order valence-corrected chi connectivity index (χ0v) is 33.0. The zero-order valence-electron chi connectivity index (χ0n) is 33.0. The highest BCUT2D eigenvalue weighted by Crippen LogP contribution is 2.27. The number of rotatable bonds is 18. The third-order valence-corrected chi connectivity index (χ3v) is 9.37. The molecule has 0 aromatic rings. The molecule has 1 heterocycles. The normalized spacial score (nSPS) is 25.2. The van der Waals surface area contributed by atoms with Crippen LogP contribution in [0.15, 0.2) is 70.9 Å². The maximum Gasteiger partial charge on any atom is 0.331 e. The third kappa shape index (κ3) is 22.0. The molecule has 0 saturated heterocycles. The molecule has 0 aromatic carbocycles. The Morgan fingerprint density at radius 3 is 2.37 bits per heavy atom. The Morgan fingerprint density at radius 1 is 1.02 bits per heavy atom. The number of aliphatic hydroxyl groups excluding tert-OH is 4. The van der Waals surface area contributed by atoms with Gasteiger partial charge in [-0.2, -0.15) is 0 Å². The van der Waals surface area contributed by atoms with E-state index in [1.54, 1.807) is 19.9 Å². The first-order valence-corrected chi connectivity index (χ1v) is 19.1. The Bertz CT molecular complexity index is 1220. The van der Waals surface area contributed by atoms with Crippen LogP contribution in [0.1, 0.15) is 133 Å². The molecule has 0 aliphatic carbocycles. The van der Waals surface area contributed by atoms with Crippen molar-refractivity contribution in [2.75, 3.05) is 0 Å². The fourth-order valence-corrected chi connectivity index (χ4v) is 6.55. The molecule has 290 valence electrons. The number of carbonyl (C=O) groups excluding carboxylic acids is 2. The predicted octanol–water partition coefficient (Wildman–Crippen LogP) is 8.40. The first-order valence-electron chi connectivity index (χ1n) is 19.1. The molecule has 0 radical (unpaired) electrons. The molecule has 1 aliphatic heterocycles. The summed E-state index contributed by atoms with van der Waals surface area (Å²) >= 11 is 0. The van der Waals surface area contributed by atoms with E-state index in [2.05, 4.69) is 39.0 Å². The van der Waals surface area contributed by atoms with Crippen molar-refractivity contribution < 1.29 is 39.5 Å². The third-order valence-electron chi connectivity index (χ3n) is 9.37. The van der Waals surface area contributed by atoms with Crippen LogP contribution in [-0.2, 0) is 19.1 Å². The van der Waals surface area contributed by atoms with Crippen molar-refractivity contribution in [3.8, 4) is 0 Å². The van der Waals surface area contributed by atoms with E-state index in [1.807, 2.05) is 45.9 Å². The van der Waals surface area contributed by atoms with E-state index in [-0.39, 0.29) is 42.4 Å². The van der Waals surface area contributed by atoms with Crippen LogP contribution in [0.3, 0.4) is 0 Å². The topological polar surface area (TPSA) is 134 Å². The summed E-state index contributed by atoms with van der Waals surface area (Å²) in [4.78, 5) is 25.8. The molecule has 8 nitrogen and oxygen atoms in total. The Morgan fingerprint density at radius 2 is 1.71 bits per heavy atom. The first-order chi connectivity index (χ1) is 24.0. The number of ether oxygens (including phenoxy) is 2. The van der Waals surface area contributed by atoms with E-state index < -0.39 is 30.4 Å². The summed E-state index contributed by atoms with van der Waals surface area (Å²) in [6.45, 7) is 17.5. The van der Waals surface area contributed by atoms with Gasteiger partial charge in [-0.1, -0.05) is 85.6 Å². The molecule has 1 rings (SSSR count). The molecule has 8 heteroatoms. The van der Waals surface area contributed by atoms with Gasteiger partial charge in [0.15, 0.2) is 0 Å². The Balaban J connectivity index is 2.78. The van der Waals surface area contributed by atoms with E-state index in [0.717, 1.165) is 42.4 Å². The fourth-order valence-electron chi connectivity index (χ4n) is 6.55. The summed E-state index contributed by atoms with van der Waals surface area (Å²) in [6, 6.07) is 0. The summed E-state index contributed by atoms with van der Waals surface area (Å²) in [7, 11) is 0. The number of carbonyl (C=O) groups is 2. The highest BCUT2D eigenvalue weighted by molar-refractivity contribution is 5.82. The molecule has 1 unspecified atom stereocenters. The van der Waals surface area contributed by atoms with Gasteiger partial charge in [0.25, 0.3) is 0 Å². The van der Waals surface area contributed by atoms with Gasteiger partial charge in [-0.15, -0.1) is 0 Å². The van der Waals surface area contributed by atoms with Gasteiger partial charge in [0.2, 0.25) is 0 Å². The summed E-state index contributed by atoms with van der Waals surface area (Å²) in [5.74, 6) is -0.565. The first kappa shape index (κ1) is 46.2. The average Bonchev–Trinajstić information content (AvgIpc) is 3.01. The van der Waals surface area contributed by atoms with Gasteiger partial charge in [-0.3, -0.25) is 4.79 Å². The number of hydrogen-bond donors (Lipinski definition) is 4. The smallest absolute Gasteiger partial charge is 0.331 e. The van der Waals surface area contributed by atoms with Crippen molar-refractivity contribution in [2.24, 2.45) is 17.8 Å². The molecule has 0 fully saturated rings. The van der Waals surface area contributed by atoms with Crippen LogP contribution in [0.5, 0.6) is 0 Å². The lowest BCUT2D eigenvalue weighted by Crippen LogP contribution is -2.28. The van der Waals surface area contributed by atoms with Gasteiger partial charge in [0, 0.05) is 24.8 Å². The minimum atomic E-state index is -0.612. The van der Waals surface area contributed by atoms with E-state index in [9.17, 15) is 30.0 Å². The van der Waals surface area contributed by atoms with Crippen LogP contribution < -0.4 is 0 Å². The summed E-state index contributed by atoms with van der Waals surface area (Å²) < 4.78 is 11.9. The van der Waals surface area contributed by atoms with Crippen molar-refractivity contribution in [2.45, 2.75) is 170 Å². The number of allylic oxidation sites excluding steroid dienone is 9. The second kappa shape index (κ2) is 25.2. The zero-order chi connectivity index (χ0) is 38.5. The van der Waals surface area contributed by atoms with Crippen molar-refractivity contribution in [3.63, 3.8) is 0 Å². The Labute approximate surface area is 309 Å². The number of hydrogen-bond acceptors (Lipinski definition) is 8. The summed E-state index contributed by atoms with van der Waals surface area (Å²) in [6.07, 6.45) is 19.4. The van der Waals surface area contributed by atoms with Crippen molar-refractivity contribution in [1.29, 1.82) is 0 Å². The van der Waals surface area contributed by atoms with Gasteiger partial charge in [-0.25, -0.2) is 4.79 Å². The van der Waals surface area contributed by atoms with E-state index in [0.29, 0.717) is 38.5 Å². The van der Waals surface area contributed by atoms with Crippen LogP contribution in [0, 0.1) is 17.8 Å². The average molecular weight is 715 g/mol. The van der Waals surface area contributed by atoms with Crippen LogP contribution in [0.4, 0.5) is 0 Å². The second-order valence-corrected chi connectivity index (χ2v) is 15.3. The summed E-state index contributed by atoms with van der Waals surface area (Å²) in [5.41, 5.74) is 4.25. The molecular formula is C43H70O8. The van der Waals surface area contributed by atoms with Gasteiger partial charge in [-0.05, 0) is 111 Å². The number of aliphatic hydroxyl groups is 4. The maximum absolute atomic E-state index is 12.9. The Hall–Kier alpha value is -2.78. The van der Waals surface area contributed by atoms with Gasteiger partial charge in [0.05, 0.1) is 24.4 Å². The number of cyclic esters (lactones) is 1. The van der Waals surface area contributed by atoms with Gasteiger partial charge < -0.3 is 29.9 Å². The van der Waals surface area contributed by atoms with Crippen molar-refractivity contribution >= 4 is 11.9 Å². The van der Waals surface area contributed by atoms with E-state index in [4.69, 9.17) is 9.47 Å². The SMILES string of the molecule is CC(/C=C\C(=O)OC1CCCC(=O)O[C@@H]([C@@H](C)C/C(C)=C/[C@@H](C)[C@H](O)C[C@@H](C)O)C/C=C(\C)C[C@H]1C)=C\C(C)=C\C=C\CCC[C@H](O)C[C@H](C)O. The molecule has 4 N–H and O–H groups in total. The van der Waals surface area contributed by atoms with Crippen LogP contribution in [0.2, 0.25) is 0 Å². The molecule has 0 bridgehead atoms. The Kier molecular flexibility index (Phi) is 22.9. The summed E-state index contributed by atoms with van der Waals surface area (Å²) in [5, 5.41) is 39.2. The standard InChI is InChI=1S/C43H70O8/c1-29(15-12-10-11-13-16-38(46)27-36(8)44)23-30(2)20-22-43(49)50-40-17-14-18-42(48)51-41(21-19-31(3)24-34(40)6)35(7)26-32(4)25-33(5)39(47)28-37(9)45/h10,12,15,19-20,22-23,25,33-41,44-47H,11,13-14,16-18,21,24,26-28H2,1-9H3/b12-10+,22-20-,29-15+,30-23+,31-19+,32-25+/t33-,34-,35+,36+,37-,38+,39-,40?,41-/m1/s1. The molecule has 0 saturated carbocycles. The van der Waals surface area contributed by atoms with Crippen LogP contribution >= 0.6 is 0 Å². The number of esters is 2. The quantitative estimate of drug-likeness (QED) is 0.0366. The highest BCUT2D eigenvalue weighted by Gasteiger charge is 2.26. The lowest BCUT2D eigenvalue weighted by atomic mass is 9.89. The van der Waals surface area contributed by atoms with Gasteiger partial charge >= 0.3 is 11.9 Å². The van der Waals surface area contributed by atoms with E-state index >= 15 is 0 Å². The van der Waals surface area contributed by atoms with Crippen LogP contribution in [-0.4, -0.2) is 69.0 Å². The van der Waals surface area contributed by atoms with Gasteiger partial charge in [0.1, 0.15) is 12.2 Å². The fraction of sp³-hybridized carbons (Fsp3) is 0.674. The predicted molar refractivity (Wildman–Crippen MR) is 207 cm³/mol. The molecule has 0 amide bonds. The van der Waals surface area contributed by atoms with Crippen molar-refractivity contribution in [1.82, 2.24) is 0 Å². The molecule has 51 heavy (non-hydrogen) atoms. The number of unbranched alkanes of at least 4 members (excludes halogenated alkanes) is 1. The molecule has 0 aromatic heterocycles. The molecular weight excluding hydrogens is 644 g/mol. The minimum Gasteiger partial charge on any atom is -0.462 e. The monoisotopic (exact) mass is 715 g/mol. The molecule has 1 aliphatic rings. The maximum atomic E-state index is 12.9. The van der Waals surface area contributed by atoms with E-state index in [1.165, 1.54) is 11.6 Å². The van der Waals surface area contributed by atoms with Crippen molar-refractivity contribution in [3.05, 3.63) is 70.9 Å². The lowest BCUT2D eigenvalue weighted by molar-refractivity contribution is -0.152. The lowest BCUT2D eigenvalue weighted by Gasteiger charge is -2.27. The molecule has 0 spiro atoms. The largest absolute Gasteiger partial charge is 0.462 e. The second-order valence-electron chi connectivity index (χ2n) is 15.3. The minimum absolute atomic E-state index is 0.0831.